The molecule has 0 bridgehead atoms. The molecular weight excluding hydrogens is 286 g/mol. The molecule has 1 rings (SSSR count). The lowest BCUT2D eigenvalue weighted by Gasteiger charge is -2.19. The monoisotopic (exact) mass is 306 g/mol. The van der Waals surface area contributed by atoms with Gasteiger partial charge in [0, 0.05) is 13.6 Å². The molecule has 0 aliphatic heterocycles. The lowest BCUT2D eigenvalue weighted by molar-refractivity contribution is 0.126. The van der Waals surface area contributed by atoms with Crippen molar-refractivity contribution in [2.75, 3.05) is 20.1 Å². The summed E-state index contributed by atoms with van der Waals surface area (Å²) in [6.45, 7) is 2.36. The highest BCUT2D eigenvalue weighted by Crippen LogP contribution is 2.19. The molecule has 1 aromatic carbocycles. The Hall–Kier alpha value is -1.05. The molecule has 0 unspecified atom stereocenters. The number of sulfonamides is 1. The van der Waals surface area contributed by atoms with Crippen LogP contribution in [0.2, 0.25) is 0 Å². The van der Waals surface area contributed by atoms with Crippen LogP contribution in [0.4, 0.5) is 8.78 Å². The molecule has 0 saturated carbocycles. The molecule has 0 aromatic heterocycles. The van der Waals surface area contributed by atoms with Crippen molar-refractivity contribution in [1.29, 1.82) is 0 Å². The third-order valence-corrected chi connectivity index (χ3v) is 4.72. The van der Waals surface area contributed by atoms with Crippen LogP contribution in [-0.4, -0.2) is 39.3 Å². The molecule has 20 heavy (non-hydrogen) atoms. The standard InChI is InChI=1S/C13H20F2N2O2S/c1-3-8-16-9-11-6-4-5-7-12(11)20(18,19)17(2)10-13(14)15/h4-7,13,16H,3,8-10H2,1-2H3. The van der Waals surface area contributed by atoms with E-state index in [0.717, 1.165) is 20.0 Å². The van der Waals surface area contributed by atoms with E-state index in [1.165, 1.54) is 6.07 Å². The lowest BCUT2D eigenvalue weighted by Crippen LogP contribution is -2.32. The van der Waals surface area contributed by atoms with E-state index < -0.39 is 23.0 Å². The second-order valence-electron chi connectivity index (χ2n) is 4.46. The Morgan fingerprint density at radius 1 is 1.30 bits per heavy atom. The van der Waals surface area contributed by atoms with Crippen LogP contribution in [0.15, 0.2) is 29.2 Å². The molecule has 0 saturated heterocycles. The summed E-state index contributed by atoms with van der Waals surface area (Å²) in [5.41, 5.74) is 0.585. The largest absolute Gasteiger partial charge is 0.313 e. The minimum atomic E-state index is -3.89. The van der Waals surface area contributed by atoms with E-state index in [4.69, 9.17) is 0 Å². The number of rotatable bonds is 8. The van der Waals surface area contributed by atoms with Crippen LogP contribution in [0.1, 0.15) is 18.9 Å². The average molecular weight is 306 g/mol. The molecule has 1 N–H and O–H groups in total. The van der Waals surface area contributed by atoms with Crippen LogP contribution >= 0.6 is 0 Å². The fourth-order valence-corrected chi connectivity index (χ4v) is 3.13. The molecule has 0 aliphatic rings. The Morgan fingerprint density at radius 3 is 2.55 bits per heavy atom. The van der Waals surface area contributed by atoms with E-state index in [-0.39, 0.29) is 4.90 Å². The van der Waals surface area contributed by atoms with Gasteiger partial charge in [-0.2, -0.15) is 4.31 Å². The summed E-state index contributed by atoms with van der Waals surface area (Å²) in [6, 6.07) is 6.45. The van der Waals surface area contributed by atoms with Gasteiger partial charge in [-0.15, -0.1) is 0 Å². The number of hydrogen-bond acceptors (Lipinski definition) is 3. The third kappa shape index (κ3) is 4.50. The number of nitrogens with zero attached hydrogens (tertiary/aromatic N) is 1. The summed E-state index contributed by atoms with van der Waals surface area (Å²) < 4.78 is 50.0. The van der Waals surface area contributed by atoms with Gasteiger partial charge in [0.05, 0.1) is 11.4 Å². The number of benzene rings is 1. The fourth-order valence-electron chi connectivity index (χ4n) is 1.76. The maximum Gasteiger partial charge on any atom is 0.252 e. The Bertz CT molecular complexity index is 521. The number of alkyl halides is 2. The molecule has 1 aromatic rings. The van der Waals surface area contributed by atoms with Crippen molar-refractivity contribution in [1.82, 2.24) is 9.62 Å². The van der Waals surface area contributed by atoms with Gasteiger partial charge in [-0.05, 0) is 24.6 Å². The predicted molar refractivity (Wildman–Crippen MR) is 74.3 cm³/mol. The van der Waals surface area contributed by atoms with Gasteiger partial charge in [0.15, 0.2) is 0 Å². The van der Waals surface area contributed by atoms with E-state index in [1.54, 1.807) is 18.2 Å². The average Bonchev–Trinajstić information content (AvgIpc) is 2.38. The third-order valence-electron chi connectivity index (χ3n) is 2.80. The van der Waals surface area contributed by atoms with Gasteiger partial charge in [-0.25, -0.2) is 17.2 Å². The summed E-state index contributed by atoms with van der Waals surface area (Å²) in [6.07, 6.45) is -1.76. The highest BCUT2D eigenvalue weighted by atomic mass is 32.2. The summed E-state index contributed by atoms with van der Waals surface area (Å²) in [5.74, 6) is 0. The van der Waals surface area contributed by atoms with Crippen molar-refractivity contribution in [2.24, 2.45) is 0 Å². The molecule has 0 aliphatic carbocycles. The Balaban J connectivity index is 2.99. The summed E-state index contributed by atoms with van der Waals surface area (Å²) >= 11 is 0. The van der Waals surface area contributed by atoms with Crippen molar-refractivity contribution in [3.8, 4) is 0 Å². The first-order chi connectivity index (χ1) is 9.39. The molecule has 0 spiro atoms. The minimum Gasteiger partial charge on any atom is -0.313 e. The first kappa shape index (κ1) is 17.0. The van der Waals surface area contributed by atoms with E-state index in [0.29, 0.717) is 16.4 Å². The van der Waals surface area contributed by atoms with Gasteiger partial charge in [-0.1, -0.05) is 25.1 Å². The smallest absolute Gasteiger partial charge is 0.252 e. The summed E-state index contributed by atoms with van der Waals surface area (Å²) in [5, 5.41) is 3.11. The van der Waals surface area contributed by atoms with Gasteiger partial charge < -0.3 is 5.32 Å². The van der Waals surface area contributed by atoms with Gasteiger partial charge in [0.1, 0.15) is 0 Å². The quantitative estimate of drug-likeness (QED) is 0.748. The van der Waals surface area contributed by atoms with Crippen molar-refractivity contribution in [2.45, 2.75) is 31.2 Å². The molecule has 0 radical (unpaired) electrons. The maximum atomic E-state index is 12.4. The zero-order valence-electron chi connectivity index (χ0n) is 11.6. The molecule has 0 heterocycles. The van der Waals surface area contributed by atoms with Crippen LogP contribution in [0.5, 0.6) is 0 Å². The van der Waals surface area contributed by atoms with Crippen molar-refractivity contribution < 1.29 is 17.2 Å². The first-order valence-corrected chi connectivity index (χ1v) is 7.86. The molecule has 4 nitrogen and oxygen atoms in total. The molecule has 7 heteroatoms. The Morgan fingerprint density at radius 2 is 1.95 bits per heavy atom. The fraction of sp³-hybridized carbons (Fsp3) is 0.538. The van der Waals surface area contributed by atoms with Gasteiger partial charge >= 0.3 is 0 Å². The van der Waals surface area contributed by atoms with E-state index in [9.17, 15) is 17.2 Å². The Labute approximate surface area is 118 Å². The van der Waals surface area contributed by atoms with Crippen LogP contribution in [-0.2, 0) is 16.6 Å². The zero-order valence-corrected chi connectivity index (χ0v) is 12.5. The lowest BCUT2D eigenvalue weighted by atomic mass is 10.2. The summed E-state index contributed by atoms with van der Waals surface area (Å²) in [4.78, 5) is 0.0757. The minimum absolute atomic E-state index is 0.0757. The molecule has 0 atom stereocenters. The van der Waals surface area contributed by atoms with Crippen LogP contribution in [0.3, 0.4) is 0 Å². The van der Waals surface area contributed by atoms with E-state index in [2.05, 4.69) is 5.32 Å². The van der Waals surface area contributed by atoms with Gasteiger partial charge in [0.2, 0.25) is 10.0 Å². The number of halogens is 2. The second kappa shape index (κ2) is 7.66. The Kier molecular flexibility index (Phi) is 6.51. The SMILES string of the molecule is CCCNCc1ccccc1S(=O)(=O)N(C)CC(F)F. The van der Waals surface area contributed by atoms with Gasteiger partial charge in [0.25, 0.3) is 6.43 Å². The van der Waals surface area contributed by atoms with Gasteiger partial charge in [-0.3, -0.25) is 0 Å². The van der Waals surface area contributed by atoms with E-state index >= 15 is 0 Å². The van der Waals surface area contributed by atoms with E-state index in [1.807, 2.05) is 6.92 Å². The molecule has 0 fully saturated rings. The predicted octanol–water partition coefficient (Wildman–Crippen LogP) is 2.07. The van der Waals surface area contributed by atoms with Crippen molar-refractivity contribution >= 4 is 10.0 Å². The first-order valence-electron chi connectivity index (χ1n) is 6.42. The maximum absolute atomic E-state index is 12.4. The highest BCUT2D eigenvalue weighted by molar-refractivity contribution is 7.89. The molecule has 114 valence electrons. The van der Waals surface area contributed by atoms with Crippen molar-refractivity contribution in [3.63, 3.8) is 0 Å². The topological polar surface area (TPSA) is 49.4 Å². The normalized spacial score (nSPS) is 12.3. The number of nitrogens with one attached hydrogen (secondary N) is 1. The number of hydrogen-bond donors (Lipinski definition) is 1. The zero-order chi connectivity index (χ0) is 15.2. The molecule has 0 amide bonds. The summed E-state index contributed by atoms with van der Waals surface area (Å²) in [7, 11) is -2.72. The van der Waals surface area contributed by atoms with Crippen molar-refractivity contribution in [3.05, 3.63) is 29.8 Å². The molecular formula is C13H20F2N2O2S. The second-order valence-corrected chi connectivity index (χ2v) is 6.47. The van der Waals surface area contributed by atoms with Crippen LogP contribution < -0.4 is 5.32 Å². The highest BCUT2D eigenvalue weighted by Gasteiger charge is 2.25. The van der Waals surface area contributed by atoms with Crippen LogP contribution in [0.25, 0.3) is 0 Å². The van der Waals surface area contributed by atoms with Crippen LogP contribution in [0, 0.1) is 0 Å².